The summed E-state index contributed by atoms with van der Waals surface area (Å²) in [7, 11) is 1.57. The van der Waals surface area contributed by atoms with Crippen molar-refractivity contribution in [3.8, 4) is 0 Å². The molecule has 0 aliphatic carbocycles. The molecule has 0 unspecified atom stereocenters. The third kappa shape index (κ3) is 4.49. The van der Waals surface area contributed by atoms with Gasteiger partial charge in [0.15, 0.2) is 5.16 Å². The number of nitrogens with one attached hydrogen (secondary N) is 1. The number of halogens is 4. The maximum atomic E-state index is 12.8. The topological polar surface area (TPSA) is 64.0 Å². The fourth-order valence-corrected chi connectivity index (χ4v) is 4.71. The van der Waals surface area contributed by atoms with Gasteiger partial charge in [0.2, 0.25) is 5.91 Å². The highest BCUT2D eigenvalue weighted by molar-refractivity contribution is 8.00. The third-order valence-electron chi connectivity index (χ3n) is 3.98. The lowest BCUT2D eigenvalue weighted by molar-refractivity contribution is -0.137. The average Bonchev–Trinajstić information content (AvgIpc) is 2.98. The Morgan fingerprint density at radius 2 is 2.18 bits per heavy atom. The Bertz CT molecular complexity index is 995. The largest absolute Gasteiger partial charge is 0.416 e. The normalized spacial score (nSPS) is 16.1. The minimum absolute atomic E-state index is 0.000387. The van der Waals surface area contributed by atoms with Crippen LogP contribution in [0.2, 0.25) is 5.02 Å². The van der Waals surface area contributed by atoms with E-state index in [2.05, 4.69) is 10.3 Å². The number of aromatic nitrogens is 2. The SMILES string of the molecule is C[C@@H]1Cc2nc(SCC(=O)Nc3cc(C(F)(F)F)ccc3Cl)n(C)c(=O)c2S1. The van der Waals surface area contributed by atoms with Gasteiger partial charge >= 0.3 is 6.18 Å². The first kappa shape index (κ1) is 21.1. The smallest absolute Gasteiger partial charge is 0.324 e. The first-order valence-electron chi connectivity index (χ1n) is 8.12. The van der Waals surface area contributed by atoms with Crippen LogP contribution in [0.3, 0.4) is 0 Å². The van der Waals surface area contributed by atoms with Crippen molar-refractivity contribution < 1.29 is 18.0 Å². The van der Waals surface area contributed by atoms with Crippen LogP contribution in [-0.4, -0.2) is 26.5 Å². The molecule has 2 aromatic rings. The van der Waals surface area contributed by atoms with E-state index in [9.17, 15) is 22.8 Å². The molecule has 1 atom stereocenters. The van der Waals surface area contributed by atoms with E-state index in [4.69, 9.17) is 11.6 Å². The lowest BCUT2D eigenvalue weighted by Gasteiger charge is -2.12. The van der Waals surface area contributed by atoms with Crippen molar-refractivity contribution in [2.45, 2.75) is 34.8 Å². The number of hydrogen-bond donors (Lipinski definition) is 1. The molecule has 0 fully saturated rings. The summed E-state index contributed by atoms with van der Waals surface area (Å²) < 4.78 is 39.8. The maximum absolute atomic E-state index is 12.8. The maximum Gasteiger partial charge on any atom is 0.416 e. The van der Waals surface area contributed by atoms with Crippen molar-refractivity contribution in [1.82, 2.24) is 9.55 Å². The average molecular weight is 450 g/mol. The van der Waals surface area contributed by atoms with Crippen molar-refractivity contribution >= 4 is 46.7 Å². The Hall–Kier alpha value is -1.65. The quantitative estimate of drug-likeness (QED) is 0.559. The second-order valence-electron chi connectivity index (χ2n) is 6.20. The van der Waals surface area contributed by atoms with Gasteiger partial charge in [-0.15, -0.1) is 11.8 Å². The molecule has 150 valence electrons. The van der Waals surface area contributed by atoms with Gasteiger partial charge in [0.05, 0.1) is 32.6 Å². The Morgan fingerprint density at radius 3 is 2.86 bits per heavy atom. The standard InChI is InChI=1S/C17H15ClF3N3O2S2/c1-8-5-12-14(28-8)15(26)24(2)16(23-12)27-7-13(25)22-11-6-9(17(19,20)21)3-4-10(11)18/h3-4,6,8H,5,7H2,1-2H3,(H,22,25)/t8-/m1/s1. The molecule has 0 saturated carbocycles. The van der Waals surface area contributed by atoms with Crippen LogP contribution in [-0.2, 0) is 24.4 Å². The van der Waals surface area contributed by atoms with Gasteiger partial charge in [-0.1, -0.05) is 30.3 Å². The van der Waals surface area contributed by atoms with Gasteiger partial charge in [-0.2, -0.15) is 13.2 Å². The van der Waals surface area contributed by atoms with E-state index in [0.29, 0.717) is 22.2 Å². The van der Waals surface area contributed by atoms with Crippen molar-refractivity contribution in [2.24, 2.45) is 7.05 Å². The minimum atomic E-state index is -4.54. The second-order valence-corrected chi connectivity index (χ2v) is 8.99. The van der Waals surface area contributed by atoms with E-state index in [1.54, 1.807) is 7.05 Å². The van der Waals surface area contributed by atoms with Crippen LogP contribution < -0.4 is 10.9 Å². The fourth-order valence-electron chi connectivity index (χ4n) is 2.62. The number of amides is 1. The molecule has 28 heavy (non-hydrogen) atoms. The van der Waals surface area contributed by atoms with Crippen LogP contribution in [0.1, 0.15) is 18.2 Å². The van der Waals surface area contributed by atoms with Gasteiger partial charge in [-0.05, 0) is 18.2 Å². The van der Waals surface area contributed by atoms with Gasteiger partial charge in [-0.3, -0.25) is 14.2 Å². The number of alkyl halides is 3. The molecule has 1 N–H and O–H groups in total. The van der Waals surface area contributed by atoms with Crippen LogP contribution in [0.15, 0.2) is 33.0 Å². The van der Waals surface area contributed by atoms with Gasteiger partial charge in [0.1, 0.15) is 0 Å². The van der Waals surface area contributed by atoms with Gasteiger partial charge in [0.25, 0.3) is 5.56 Å². The number of rotatable bonds is 4. The molecule has 0 radical (unpaired) electrons. The van der Waals surface area contributed by atoms with Crippen LogP contribution in [0, 0.1) is 0 Å². The minimum Gasteiger partial charge on any atom is -0.324 e. The summed E-state index contributed by atoms with van der Waals surface area (Å²) in [5.74, 6) is -0.683. The van der Waals surface area contributed by atoms with E-state index < -0.39 is 17.6 Å². The summed E-state index contributed by atoms with van der Waals surface area (Å²) in [6, 6.07) is 2.71. The molecule has 1 aromatic carbocycles. The molecule has 1 aromatic heterocycles. The molecular formula is C17H15ClF3N3O2S2. The first-order chi connectivity index (χ1) is 13.1. The fraction of sp³-hybridized carbons (Fsp3) is 0.353. The Kier molecular flexibility index (Phi) is 6.02. The zero-order chi connectivity index (χ0) is 20.6. The number of carbonyl (C=O) groups is 1. The molecular weight excluding hydrogens is 435 g/mol. The molecule has 3 rings (SSSR count). The number of carbonyl (C=O) groups excluding carboxylic acids is 1. The number of fused-ring (bicyclic) bond motifs is 1. The second kappa shape index (κ2) is 8.00. The van der Waals surface area contributed by atoms with E-state index >= 15 is 0 Å². The number of anilines is 1. The molecule has 0 bridgehead atoms. The monoisotopic (exact) mass is 449 g/mol. The lowest BCUT2D eigenvalue weighted by atomic mass is 10.2. The zero-order valence-electron chi connectivity index (χ0n) is 14.8. The summed E-state index contributed by atoms with van der Waals surface area (Å²) in [5, 5.41) is 3.02. The van der Waals surface area contributed by atoms with E-state index in [-0.39, 0.29) is 27.3 Å². The predicted molar refractivity (Wildman–Crippen MR) is 104 cm³/mol. The highest BCUT2D eigenvalue weighted by Gasteiger charge is 2.31. The molecule has 5 nitrogen and oxygen atoms in total. The summed E-state index contributed by atoms with van der Waals surface area (Å²) in [5.41, 5.74) is -0.482. The number of nitrogens with zero attached hydrogens (tertiary/aromatic N) is 2. The molecule has 2 heterocycles. The predicted octanol–water partition coefficient (Wildman–Crippen LogP) is 4.22. The van der Waals surface area contributed by atoms with Crippen molar-refractivity contribution in [3.63, 3.8) is 0 Å². The van der Waals surface area contributed by atoms with Crippen molar-refractivity contribution in [1.29, 1.82) is 0 Å². The van der Waals surface area contributed by atoms with Crippen LogP contribution in [0.4, 0.5) is 18.9 Å². The van der Waals surface area contributed by atoms with Crippen LogP contribution in [0.5, 0.6) is 0 Å². The number of benzene rings is 1. The van der Waals surface area contributed by atoms with Gasteiger partial charge < -0.3 is 5.32 Å². The summed E-state index contributed by atoms with van der Waals surface area (Å²) >= 11 is 8.40. The molecule has 0 saturated heterocycles. The molecule has 1 aliphatic heterocycles. The number of hydrogen-bond acceptors (Lipinski definition) is 5. The van der Waals surface area contributed by atoms with E-state index in [1.165, 1.54) is 16.3 Å². The lowest BCUT2D eigenvalue weighted by Crippen LogP contribution is -2.23. The van der Waals surface area contributed by atoms with Crippen molar-refractivity contribution in [2.75, 3.05) is 11.1 Å². The molecule has 0 spiro atoms. The van der Waals surface area contributed by atoms with Crippen molar-refractivity contribution in [3.05, 3.63) is 44.8 Å². The molecule has 1 amide bonds. The Morgan fingerprint density at radius 1 is 1.46 bits per heavy atom. The van der Waals surface area contributed by atoms with Crippen LogP contribution >= 0.6 is 35.1 Å². The summed E-state index contributed by atoms with van der Waals surface area (Å²) in [6.07, 6.45) is -3.86. The summed E-state index contributed by atoms with van der Waals surface area (Å²) in [4.78, 5) is 29.7. The highest BCUT2D eigenvalue weighted by Crippen LogP contribution is 2.35. The number of thioether (sulfide) groups is 2. The Balaban J connectivity index is 1.72. The van der Waals surface area contributed by atoms with E-state index in [1.807, 2.05) is 6.92 Å². The Labute approximate surface area is 172 Å². The zero-order valence-corrected chi connectivity index (χ0v) is 17.2. The van der Waals surface area contributed by atoms with Crippen LogP contribution in [0.25, 0.3) is 0 Å². The third-order valence-corrected chi connectivity index (χ3v) is 6.55. The highest BCUT2D eigenvalue weighted by atomic mass is 35.5. The van der Waals surface area contributed by atoms with Gasteiger partial charge in [-0.25, -0.2) is 4.98 Å². The molecule has 1 aliphatic rings. The first-order valence-corrected chi connectivity index (χ1v) is 10.4. The molecule has 11 heteroatoms. The van der Waals surface area contributed by atoms with E-state index in [0.717, 1.165) is 30.0 Å². The summed E-state index contributed by atoms with van der Waals surface area (Å²) in [6.45, 7) is 2.00. The van der Waals surface area contributed by atoms with Gasteiger partial charge in [0, 0.05) is 18.7 Å².